The summed E-state index contributed by atoms with van der Waals surface area (Å²) in [6.45, 7) is 0. The fourth-order valence-electron chi connectivity index (χ4n) is 3.43. The molecule has 1 heterocycles. The van der Waals surface area contributed by atoms with Gasteiger partial charge in [0.05, 0.1) is 0 Å². The summed E-state index contributed by atoms with van der Waals surface area (Å²) in [6.07, 6.45) is 14.9. The van der Waals surface area contributed by atoms with Gasteiger partial charge in [-0.25, -0.2) is 0 Å². The van der Waals surface area contributed by atoms with Crippen molar-refractivity contribution in [3.8, 4) is 5.75 Å². The second-order valence-corrected chi connectivity index (χ2v) is 5.37. The van der Waals surface area contributed by atoms with Gasteiger partial charge in [0.15, 0.2) is 0 Å². The number of ether oxygens (including phenoxy) is 1. The van der Waals surface area contributed by atoms with Gasteiger partial charge in [0.1, 0.15) is 11.9 Å². The SMILES string of the molecule is C1=CC2C=C[C@@H]3Oc4ccccc4C[C@H]3C2C=C1. The van der Waals surface area contributed by atoms with E-state index in [0.29, 0.717) is 17.8 Å². The summed E-state index contributed by atoms with van der Waals surface area (Å²) in [5.41, 5.74) is 1.36. The van der Waals surface area contributed by atoms with E-state index >= 15 is 0 Å². The zero-order valence-corrected chi connectivity index (χ0v) is 10.2. The highest BCUT2D eigenvalue weighted by Gasteiger charge is 2.38. The van der Waals surface area contributed by atoms with Crippen molar-refractivity contribution in [2.24, 2.45) is 17.8 Å². The van der Waals surface area contributed by atoms with Gasteiger partial charge >= 0.3 is 0 Å². The highest BCUT2D eigenvalue weighted by atomic mass is 16.5. The van der Waals surface area contributed by atoms with Crippen molar-refractivity contribution < 1.29 is 4.74 Å². The second kappa shape index (κ2) is 3.88. The van der Waals surface area contributed by atoms with E-state index in [9.17, 15) is 0 Å². The van der Waals surface area contributed by atoms with E-state index in [0.717, 1.165) is 12.2 Å². The molecule has 0 aromatic heterocycles. The summed E-state index contributed by atoms with van der Waals surface area (Å²) in [5.74, 6) is 2.80. The Balaban J connectivity index is 1.73. The number of fused-ring (bicyclic) bond motifs is 4. The van der Waals surface area contributed by atoms with Gasteiger partial charge in [-0.1, -0.05) is 48.6 Å². The normalized spacial score (nSPS) is 35.3. The molecule has 0 fully saturated rings. The Morgan fingerprint density at radius 3 is 2.83 bits per heavy atom. The van der Waals surface area contributed by atoms with Crippen LogP contribution in [-0.2, 0) is 6.42 Å². The lowest BCUT2D eigenvalue weighted by Gasteiger charge is -2.41. The van der Waals surface area contributed by atoms with Crippen LogP contribution in [0, 0.1) is 17.8 Å². The molecule has 4 rings (SSSR count). The van der Waals surface area contributed by atoms with E-state index in [1.807, 2.05) is 0 Å². The molecule has 90 valence electrons. The van der Waals surface area contributed by atoms with Crippen molar-refractivity contribution in [1.29, 1.82) is 0 Å². The number of rotatable bonds is 0. The van der Waals surface area contributed by atoms with Crippen LogP contribution in [-0.4, -0.2) is 6.10 Å². The van der Waals surface area contributed by atoms with Gasteiger partial charge in [0.25, 0.3) is 0 Å². The molecule has 3 aliphatic rings. The van der Waals surface area contributed by atoms with Crippen LogP contribution < -0.4 is 4.74 Å². The molecule has 0 saturated carbocycles. The third kappa shape index (κ3) is 1.47. The van der Waals surface area contributed by atoms with Crippen molar-refractivity contribution in [3.63, 3.8) is 0 Å². The molecule has 1 aromatic rings. The molecule has 2 unspecified atom stereocenters. The van der Waals surface area contributed by atoms with E-state index in [4.69, 9.17) is 4.74 Å². The van der Waals surface area contributed by atoms with Gasteiger partial charge in [0.2, 0.25) is 0 Å². The van der Waals surface area contributed by atoms with E-state index in [-0.39, 0.29) is 6.10 Å². The summed E-state index contributed by atoms with van der Waals surface area (Å²) in [7, 11) is 0. The van der Waals surface area contributed by atoms with E-state index in [1.165, 1.54) is 5.56 Å². The van der Waals surface area contributed by atoms with Crippen LogP contribution in [0.15, 0.2) is 60.7 Å². The van der Waals surface area contributed by atoms with Gasteiger partial charge < -0.3 is 4.74 Å². The van der Waals surface area contributed by atoms with Crippen LogP contribution in [0.2, 0.25) is 0 Å². The van der Waals surface area contributed by atoms with E-state index in [2.05, 4.69) is 60.7 Å². The van der Waals surface area contributed by atoms with Crippen LogP contribution in [0.5, 0.6) is 5.75 Å². The quantitative estimate of drug-likeness (QED) is 0.626. The van der Waals surface area contributed by atoms with Crippen LogP contribution in [0.4, 0.5) is 0 Å². The second-order valence-electron chi connectivity index (χ2n) is 5.37. The Morgan fingerprint density at radius 2 is 1.83 bits per heavy atom. The lowest BCUT2D eigenvalue weighted by Crippen LogP contribution is -2.41. The molecule has 0 spiro atoms. The molecular weight excluding hydrogens is 220 g/mol. The molecule has 0 saturated heterocycles. The van der Waals surface area contributed by atoms with Crippen molar-refractivity contribution in [2.45, 2.75) is 12.5 Å². The highest BCUT2D eigenvalue weighted by Crippen LogP contribution is 2.42. The van der Waals surface area contributed by atoms with Crippen molar-refractivity contribution in [3.05, 3.63) is 66.3 Å². The molecule has 1 heteroatoms. The Bertz CT molecular complexity index is 552. The lowest BCUT2D eigenvalue weighted by molar-refractivity contribution is 0.108. The zero-order chi connectivity index (χ0) is 11.9. The molecule has 4 atom stereocenters. The predicted molar refractivity (Wildman–Crippen MR) is 72.5 cm³/mol. The first-order valence-corrected chi connectivity index (χ1v) is 6.70. The maximum absolute atomic E-state index is 6.14. The standard InChI is InChI=1S/C17H16O/c1-3-7-14-12(5-1)9-10-17-15(14)11-13-6-2-4-8-16(13)18-17/h1-10,12,14-15,17H,11H2/t12?,14?,15-,17-/m0/s1. The number of hydrogen-bond donors (Lipinski definition) is 0. The minimum absolute atomic E-state index is 0.247. The molecule has 2 aliphatic carbocycles. The Labute approximate surface area is 107 Å². The number of hydrogen-bond acceptors (Lipinski definition) is 1. The average molecular weight is 236 g/mol. The third-order valence-corrected chi connectivity index (χ3v) is 4.35. The first-order chi connectivity index (χ1) is 8.92. The molecule has 18 heavy (non-hydrogen) atoms. The van der Waals surface area contributed by atoms with Crippen LogP contribution in [0.3, 0.4) is 0 Å². The molecule has 0 N–H and O–H groups in total. The van der Waals surface area contributed by atoms with Gasteiger partial charge in [-0.15, -0.1) is 0 Å². The summed E-state index contributed by atoms with van der Waals surface area (Å²) in [5, 5.41) is 0. The molecular formula is C17H16O. The number of para-hydroxylation sites is 1. The molecule has 0 bridgehead atoms. The first kappa shape index (κ1) is 10.2. The van der Waals surface area contributed by atoms with Crippen molar-refractivity contribution >= 4 is 0 Å². The van der Waals surface area contributed by atoms with E-state index < -0.39 is 0 Å². The van der Waals surface area contributed by atoms with Crippen LogP contribution >= 0.6 is 0 Å². The Kier molecular flexibility index (Phi) is 2.19. The summed E-state index contributed by atoms with van der Waals surface area (Å²) in [6, 6.07) is 8.44. The summed E-state index contributed by atoms with van der Waals surface area (Å²) >= 11 is 0. The fraction of sp³-hybridized carbons (Fsp3) is 0.294. The molecule has 1 nitrogen and oxygen atoms in total. The van der Waals surface area contributed by atoms with E-state index in [1.54, 1.807) is 0 Å². The minimum Gasteiger partial charge on any atom is -0.486 e. The van der Waals surface area contributed by atoms with Gasteiger partial charge in [-0.2, -0.15) is 0 Å². The maximum atomic E-state index is 6.14. The Hall–Kier alpha value is -1.76. The molecule has 1 aliphatic heterocycles. The zero-order valence-electron chi connectivity index (χ0n) is 10.2. The number of allylic oxidation sites excluding steroid dienone is 5. The monoisotopic (exact) mass is 236 g/mol. The van der Waals surface area contributed by atoms with Crippen LogP contribution in [0.25, 0.3) is 0 Å². The third-order valence-electron chi connectivity index (χ3n) is 4.35. The van der Waals surface area contributed by atoms with Gasteiger partial charge in [-0.3, -0.25) is 0 Å². The topological polar surface area (TPSA) is 9.23 Å². The summed E-state index contributed by atoms with van der Waals surface area (Å²) < 4.78 is 6.14. The molecule has 1 aromatic carbocycles. The largest absolute Gasteiger partial charge is 0.486 e. The maximum Gasteiger partial charge on any atom is 0.123 e. The fourth-order valence-corrected chi connectivity index (χ4v) is 3.43. The first-order valence-electron chi connectivity index (χ1n) is 6.70. The van der Waals surface area contributed by atoms with Gasteiger partial charge in [0, 0.05) is 11.8 Å². The number of benzene rings is 1. The minimum atomic E-state index is 0.247. The smallest absolute Gasteiger partial charge is 0.123 e. The predicted octanol–water partition coefficient (Wildman–Crippen LogP) is 3.53. The van der Waals surface area contributed by atoms with Crippen LogP contribution in [0.1, 0.15) is 5.56 Å². The van der Waals surface area contributed by atoms with Crippen molar-refractivity contribution in [1.82, 2.24) is 0 Å². The summed E-state index contributed by atoms with van der Waals surface area (Å²) in [4.78, 5) is 0. The van der Waals surface area contributed by atoms with Crippen molar-refractivity contribution in [2.75, 3.05) is 0 Å². The average Bonchev–Trinajstić information content (AvgIpc) is 2.45. The molecule has 0 amide bonds. The highest BCUT2D eigenvalue weighted by molar-refractivity contribution is 5.38. The Morgan fingerprint density at radius 1 is 0.944 bits per heavy atom. The lowest BCUT2D eigenvalue weighted by atomic mass is 9.69. The molecule has 0 radical (unpaired) electrons. The van der Waals surface area contributed by atoms with Gasteiger partial charge in [-0.05, 0) is 30.0 Å².